The summed E-state index contributed by atoms with van der Waals surface area (Å²) in [6, 6.07) is 14.7. The Bertz CT molecular complexity index is 568. The molecule has 0 aliphatic rings. The molecule has 19 heavy (non-hydrogen) atoms. The molecule has 0 saturated carbocycles. The van der Waals surface area contributed by atoms with Gasteiger partial charge in [-0.05, 0) is 43.3 Å². The molecule has 0 bridgehead atoms. The highest BCUT2D eigenvalue weighted by atomic mass is 79.9. The summed E-state index contributed by atoms with van der Waals surface area (Å²) >= 11 is 3.63. The van der Waals surface area contributed by atoms with E-state index >= 15 is 0 Å². The topological polar surface area (TPSA) is 21.3 Å². The molecular weight excluding hydrogens is 302 g/mol. The van der Waals surface area contributed by atoms with Gasteiger partial charge in [-0.2, -0.15) is 0 Å². The van der Waals surface area contributed by atoms with E-state index in [0.29, 0.717) is 0 Å². The Hall–Kier alpha value is -1.32. The average molecular weight is 320 g/mol. The summed E-state index contributed by atoms with van der Waals surface area (Å²) in [4.78, 5) is 0. The van der Waals surface area contributed by atoms with Gasteiger partial charge in [-0.25, -0.2) is 0 Å². The van der Waals surface area contributed by atoms with Gasteiger partial charge in [0.2, 0.25) is 0 Å². The van der Waals surface area contributed by atoms with Gasteiger partial charge in [-0.3, -0.25) is 0 Å². The van der Waals surface area contributed by atoms with E-state index in [2.05, 4.69) is 58.5 Å². The van der Waals surface area contributed by atoms with E-state index in [0.717, 1.165) is 10.2 Å². The van der Waals surface area contributed by atoms with Gasteiger partial charge in [-0.1, -0.05) is 45.8 Å². The van der Waals surface area contributed by atoms with Crippen LogP contribution in [0.25, 0.3) is 0 Å². The lowest BCUT2D eigenvalue weighted by atomic mass is 9.97. The number of nitrogens with one attached hydrogen (secondary N) is 1. The fraction of sp³-hybridized carbons (Fsp3) is 0.250. The predicted molar refractivity (Wildman–Crippen MR) is 82.8 cm³/mol. The minimum atomic E-state index is 0.143. The summed E-state index contributed by atoms with van der Waals surface area (Å²) in [5.74, 6) is 0.876. The summed E-state index contributed by atoms with van der Waals surface area (Å²) < 4.78 is 6.41. The fourth-order valence-corrected chi connectivity index (χ4v) is 2.68. The molecule has 2 aromatic rings. The van der Waals surface area contributed by atoms with Crippen LogP contribution in [0.3, 0.4) is 0 Å². The molecule has 0 fully saturated rings. The van der Waals surface area contributed by atoms with Crippen LogP contribution in [0.4, 0.5) is 0 Å². The number of halogens is 1. The Morgan fingerprint density at radius 3 is 2.63 bits per heavy atom. The molecule has 0 heterocycles. The second-order valence-corrected chi connectivity index (χ2v) is 5.38. The van der Waals surface area contributed by atoms with Gasteiger partial charge in [0.25, 0.3) is 0 Å². The largest absolute Gasteiger partial charge is 0.497 e. The zero-order valence-electron chi connectivity index (χ0n) is 11.4. The van der Waals surface area contributed by atoms with Crippen LogP contribution in [0.5, 0.6) is 5.75 Å². The summed E-state index contributed by atoms with van der Waals surface area (Å²) in [5, 5.41) is 3.37. The number of ether oxygens (including phenoxy) is 1. The zero-order chi connectivity index (χ0) is 13.8. The Balaban J connectivity index is 2.46. The molecule has 0 aliphatic carbocycles. The monoisotopic (exact) mass is 319 g/mol. The Morgan fingerprint density at radius 2 is 1.95 bits per heavy atom. The Kier molecular flexibility index (Phi) is 4.61. The number of rotatable bonds is 4. The van der Waals surface area contributed by atoms with Gasteiger partial charge in [0.15, 0.2) is 0 Å². The first-order valence-electron chi connectivity index (χ1n) is 6.23. The smallest absolute Gasteiger partial charge is 0.119 e. The third-order valence-electron chi connectivity index (χ3n) is 3.18. The van der Waals surface area contributed by atoms with Crippen LogP contribution in [0.1, 0.15) is 22.7 Å². The average Bonchev–Trinajstić information content (AvgIpc) is 2.44. The molecule has 1 atom stereocenters. The highest BCUT2D eigenvalue weighted by Crippen LogP contribution is 2.30. The van der Waals surface area contributed by atoms with Gasteiger partial charge < -0.3 is 10.1 Å². The van der Waals surface area contributed by atoms with Crippen LogP contribution < -0.4 is 10.1 Å². The van der Waals surface area contributed by atoms with Gasteiger partial charge in [0.1, 0.15) is 5.75 Å². The minimum Gasteiger partial charge on any atom is -0.497 e. The summed E-state index contributed by atoms with van der Waals surface area (Å²) in [5.41, 5.74) is 3.67. The third-order valence-corrected chi connectivity index (χ3v) is 3.90. The van der Waals surface area contributed by atoms with E-state index in [9.17, 15) is 0 Å². The van der Waals surface area contributed by atoms with Crippen molar-refractivity contribution in [2.24, 2.45) is 0 Å². The number of hydrogen-bond acceptors (Lipinski definition) is 2. The van der Waals surface area contributed by atoms with E-state index in [1.807, 2.05) is 19.2 Å². The number of aryl methyl sites for hydroxylation is 1. The van der Waals surface area contributed by atoms with Crippen LogP contribution in [0, 0.1) is 6.92 Å². The van der Waals surface area contributed by atoms with Crippen LogP contribution in [-0.2, 0) is 0 Å². The first-order valence-corrected chi connectivity index (χ1v) is 7.02. The van der Waals surface area contributed by atoms with Crippen LogP contribution in [0.2, 0.25) is 0 Å². The molecule has 0 aliphatic heterocycles. The fourth-order valence-electron chi connectivity index (χ4n) is 2.21. The quantitative estimate of drug-likeness (QED) is 0.917. The zero-order valence-corrected chi connectivity index (χ0v) is 13.0. The van der Waals surface area contributed by atoms with E-state index in [1.165, 1.54) is 16.7 Å². The van der Waals surface area contributed by atoms with Crippen molar-refractivity contribution in [3.8, 4) is 5.75 Å². The van der Waals surface area contributed by atoms with Gasteiger partial charge in [0, 0.05) is 4.47 Å². The lowest BCUT2D eigenvalue weighted by Crippen LogP contribution is -2.18. The van der Waals surface area contributed by atoms with Crippen LogP contribution in [0.15, 0.2) is 46.9 Å². The van der Waals surface area contributed by atoms with Crippen molar-refractivity contribution < 1.29 is 4.74 Å². The van der Waals surface area contributed by atoms with Crippen molar-refractivity contribution in [1.82, 2.24) is 5.32 Å². The summed E-state index contributed by atoms with van der Waals surface area (Å²) in [6.45, 7) is 2.11. The lowest BCUT2D eigenvalue weighted by Gasteiger charge is -2.20. The van der Waals surface area contributed by atoms with Crippen LogP contribution >= 0.6 is 15.9 Å². The van der Waals surface area contributed by atoms with E-state index in [-0.39, 0.29) is 6.04 Å². The Morgan fingerprint density at radius 1 is 1.16 bits per heavy atom. The molecule has 0 amide bonds. The van der Waals surface area contributed by atoms with Crippen molar-refractivity contribution in [3.05, 3.63) is 63.6 Å². The van der Waals surface area contributed by atoms with Gasteiger partial charge >= 0.3 is 0 Å². The lowest BCUT2D eigenvalue weighted by molar-refractivity contribution is 0.414. The van der Waals surface area contributed by atoms with Crippen molar-refractivity contribution >= 4 is 15.9 Å². The molecule has 2 rings (SSSR count). The maximum Gasteiger partial charge on any atom is 0.119 e. The minimum absolute atomic E-state index is 0.143. The molecule has 2 nitrogen and oxygen atoms in total. The third kappa shape index (κ3) is 3.17. The van der Waals surface area contributed by atoms with Crippen LogP contribution in [-0.4, -0.2) is 14.2 Å². The number of benzene rings is 2. The summed E-state index contributed by atoms with van der Waals surface area (Å²) in [7, 11) is 3.66. The standard InChI is InChI=1S/C16H18BrNO/c1-11-7-8-15(17)14(9-11)16(18-2)12-5-4-6-13(10-12)19-3/h4-10,16,18H,1-3H3. The highest BCUT2D eigenvalue weighted by Gasteiger charge is 2.15. The van der Waals surface area contributed by atoms with E-state index in [1.54, 1.807) is 7.11 Å². The number of methoxy groups -OCH3 is 1. The number of hydrogen-bond donors (Lipinski definition) is 1. The summed E-state index contributed by atoms with van der Waals surface area (Å²) in [6.07, 6.45) is 0. The molecule has 0 saturated heterocycles. The first-order chi connectivity index (χ1) is 9.15. The molecule has 0 aromatic heterocycles. The molecule has 1 unspecified atom stereocenters. The predicted octanol–water partition coefficient (Wildman–Crippen LogP) is 4.07. The molecule has 0 radical (unpaired) electrons. The maximum atomic E-state index is 5.30. The molecule has 1 N–H and O–H groups in total. The van der Waals surface area contributed by atoms with E-state index in [4.69, 9.17) is 4.74 Å². The Labute approximate surface area is 122 Å². The van der Waals surface area contributed by atoms with Gasteiger partial charge in [0.05, 0.1) is 13.2 Å². The van der Waals surface area contributed by atoms with Gasteiger partial charge in [-0.15, -0.1) is 0 Å². The van der Waals surface area contributed by atoms with E-state index < -0.39 is 0 Å². The molecule has 0 spiro atoms. The highest BCUT2D eigenvalue weighted by molar-refractivity contribution is 9.10. The van der Waals surface area contributed by atoms with Crippen molar-refractivity contribution in [1.29, 1.82) is 0 Å². The molecule has 100 valence electrons. The van der Waals surface area contributed by atoms with Crippen molar-refractivity contribution in [3.63, 3.8) is 0 Å². The SMILES string of the molecule is CNC(c1cccc(OC)c1)c1cc(C)ccc1Br. The van der Waals surface area contributed by atoms with Crippen molar-refractivity contribution in [2.75, 3.05) is 14.2 Å². The second-order valence-electron chi connectivity index (χ2n) is 4.52. The normalized spacial score (nSPS) is 12.2. The maximum absolute atomic E-state index is 5.30. The first kappa shape index (κ1) is 14.1. The molecular formula is C16H18BrNO. The second kappa shape index (κ2) is 6.22. The molecule has 2 aromatic carbocycles. The molecule has 3 heteroatoms. The van der Waals surface area contributed by atoms with Crippen molar-refractivity contribution in [2.45, 2.75) is 13.0 Å².